The molecule has 682 valence electrons. The van der Waals surface area contributed by atoms with Gasteiger partial charge in [0.25, 0.3) is 40.5 Å². The number of fused-ring (bicyclic) bond motifs is 7. The Morgan fingerprint density at radius 2 is 0.854 bits per heavy atom. The van der Waals surface area contributed by atoms with Gasteiger partial charge in [0, 0.05) is 37.9 Å². The molecule has 0 bridgehead atoms. The van der Waals surface area contributed by atoms with Crippen molar-refractivity contribution in [2.75, 3.05) is 46.1 Å². The number of hydrogen-bond donors (Lipinski definition) is 0. The summed E-state index contributed by atoms with van der Waals surface area (Å²) in [5, 5.41) is 0. The average molecular weight is 1890 g/mol. The predicted octanol–water partition coefficient (Wildman–Crippen LogP) is 20.5. The predicted molar refractivity (Wildman–Crippen MR) is 370 cm³/mol. The maximum Gasteiger partial charge on any atom is 0.380 e. The third-order valence-electron chi connectivity index (χ3n) is 20.0. The van der Waals surface area contributed by atoms with E-state index in [1.807, 2.05) is 0 Å². The molecule has 1 fully saturated rings. The van der Waals surface area contributed by atoms with Crippen LogP contribution in [0.3, 0.4) is 0 Å². The number of halogens is 32. The molecule has 0 spiro atoms. The van der Waals surface area contributed by atoms with E-state index >= 15 is 0 Å². The Hall–Kier alpha value is -8.07. The Labute approximate surface area is 676 Å². The first-order valence-corrected chi connectivity index (χ1v) is 40.9. The summed E-state index contributed by atoms with van der Waals surface area (Å²) in [6, 6.07) is 12.3. The van der Waals surface area contributed by atoms with Crippen LogP contribution in [0.25, 0.3) is 22.3 Å². The highest BCUT2D eigenvalue weighted by Crippen LogP contribution is 2.57. The third kappa shape index (κ3) is 19.2. The van der Waals surface area contributed by atoms with E-state index in [0.717, 1.165) is 55.1 Å². The molecule has 50 heteroatoms. The van der Waals surface area contributed by atoms with E-state index in [-0.39, 0.29) is 63.8 Å². The van der Waals surface area contributed by atoms with Crippen molar-refractivity contribution in [1.82, 2.24) is 4.90 Å². The monoisotopic (exact) mass is 1890 g/mol. The van der Waals surface area contributed by atoms with E-state index in [9.17, 15) is 174 Å². The van der Waals surface area contributed by atoms with Gasteiger partial charge in [-0.15, -0.1) is 0 Å². The molecule has 0 aromatic heterocycles. The van der Waals surface area contributed by atoms with Crippen molar-refractivity contribution < 1.29 is 191 Å². The van der Waals surface area contributed by atoms with Crippen molar-refractivity contribution in [3.05, 3.63) is 183 Å². The van der Waals surface area contributed by atoms with Gasteiger partial charge in [-0.05, 0) is 148 Å². The topological polar surface area (TPSA) is 189 Å². The zero-order chi connectivity index (χ0) is 92.3. The van der Waals surface area contributed by atoms with Crippen molar-refractivity contribution in [2.45, 2.75) is 175 Å². The molecule has 14 nitrogen and oxygen atoms in total. The van der Waals surface area contributed by atoms with Gasteiger partial charge in [-0.1, -0.05) is 104 Å². The zero-order valence-corrected chi connectivity index (χ0v) is 64.7. The quantitative estimate of drug-likeness (QED) is 0.0285. The van der Waals surface area contributed by atoms with Crippen LogP contribution in [-0.4, -0.2) is 187 Å². The van der Waals surface area contributed by atoms with Crippen LogP contribution in [0.1, 0.15) is 91.0 Å². The molecule has 0 radical (unpaired) electrons. The molecule has 0 N–H and O–H groups in total. The summed E-state index contributed by atoms with van der Waals surface area (Å²) in [7, 11) is -23.9. The SMILES string of the molecule is C1CCC2=NCCCN2CC1.O=S(=O)(OCC(F)(F)C(F)(F)C(F)(F)C(F)F)C1=CC2C(C=C1)c1ccc(S(=O)(=O)OCC(F)(F)C(F)(F)C(F)(F)C(F)F)cc1C2/C=C/C=C1\CCCC(/C=C/C=C2c3cc(S(=O)(=O)OCC(F)(F)C(F)(F)C(F)(F)C(F)F)ccc3-c3ccc(S(=O)(=O)OCC(F)(F)C(F)(F)C(F)(F)C(F)F)cc32)=C1c1ccccc1. The summed E-state index contributed by atoms with van der Waals surface area (Å²) >= 11 is 0. The molecule has 4 aromatic rings. The fraction of sp³-hybridized carbons (Fsp3) is 0.466. The average Bonchev–Trinajstić information content (AvgIpc) is 1.74. The van der Waals surface area contributed by atoms with Crippen LogP contribution in [0.5, 0.6) is 0 Å². The molecular weight excluding hydrogens is 1830 g/mol. The Bertz CT molecular complexity index is 5220. The molecule has 3 unspecified atom stereocenters. The van der Waals surface area contributed by atoms with Gasteiger partial charge >= 0.3 is 96.8 Å². The summed E-state index contributed by atoms with van der Waals surface area (Å²) in [6.07, 6.45) is -6.54. The van der Waals surface area contributed by atoms with Crippen molar-refractivity contribution in [3.8, 4) is 11.1 Å². The first kappa shape index (κ1) is 98.7. The van der Waals surface area contributed by atoms with Gasteiger partial charge < -0.3 is 4.90 Å². The number of amidine groups is 1. The van der Waals surface area contributed by atoms with Gasteiger partial charge in [-0.3, -0.25) is 21.7 Å². The minimum atomic E-state index is -7.03. The zero-order valence-electron chi connectivity index (χ0n) is 61.4. The molecule has 0 saturated carbocycles. The van der Waals surface area contributed by atoms with E-state index in [4.69, 9.17) is 0 Å². The van der Waals surface area contributed by atoms with Crippen molar-refractivity contribution in [2.24, 2.45) is 10.9 Å². The van der Waals surface area contributed by atoms with Crippen molar-refractivity contribution in [1.29, 1.82) is 0 Å². The van der Waals surface area contributed by atoms with Crippen LogP contribution in [0.2, 0.25) is 0 Å². The summed E-state index contributed by atoms with van der Waals surface area (Å²) in [5.41, 5.74) is -1.74. The molecule has 2 heterocycles. The second-order valence-corrected chi connectivity index (χ2v) is 34.5. The van der Waals surface area contributed by atoms with E-state index in [2.05, 4.69) is 26.6 Å². The highest BCUT2D eigenvalue weighted by Gasteiger charge is 2.79. The van der Waals surface area contributed by atoms with Gasteiger partial charge in [-0.2, -0.15) is 139 Å². The van der Waals surface area contributed by atoms with Crippen molar-refractivity contribution >= 4 is 57.5 Å². The molecule has 6 aliphatic rings. The smallest absolute Gasteiger partial charge is 0.360 e. The Morgan fingerprint density at radius 1 is 0.431 bits per heavy atom. The lowest BCUT2D eigenvalue weighted by atomic mass is 9.82. The summed E-state index contributed by atoms with van der Waals surface area (Å²) in [4.78, 5) is 1.64. The van der Waals surface area contributed by atoms with Gasteiger partial charge in [0.2, 0.25) is 0 Å². The first-order chi connectivity index (χ1) is 56.4. The molecule has 3 atom stereocenters. The van der Waals surface area contributed by atoms with Crippen LogP contribution in [-0.2, 0) is 57.2 Å². The third-order valence-corrected chi connectivity index (χ3v) is 25.0. The number of aliphatic imine (C=N–C) groups is 1. The van der Waals surface area contributed by atoms with E-state index < -0.39 is 218 Å². The van der Waals surface area contributed by atoms with Crippen LogP contribution < -0.4 is 0 Å². The lowest BCUT2D eigenvalue weighted by Gasteiger charge is -2.31. The van der Waals surface area contributed by atoms with E-state index in [1.165, 1.54) is 93.5 Å². The summed E-state index contributed by atoms with van der Waals surface area (Å²) in [6.45, 7) is -9.45. The standard InChI is InChI=1S/C64H44F32O12S4.C9H16N2/c65-49(66)57(81,82)61(89,90)53(73,74)27-105-109(97,98)34-15-19-40-41-20-16-35(110(99,100)106-28-54(75,76)62(91,92)58(83,84)50(67)68)24-45(41)38(44(40)23-34)13-5-11-32-9-4-10-33(48(32)31-7-2-1-3-8-31)12-6-14-39-46-25-36(111(101,102)107-29-55(77,78)63(93,94)59(85,86)51(69)70)17-21-42(46)43-22-18-37(26-47(39)43)112(103,104)108-30-56(79,80)64(95,96)60(87,88)52(71)72;1-2-5-9-10-6-4-8-11(9)7-3-1/h1-3,5-8,11-26,38,40,44,49-52H,4,9-10,27-30H2;1-8H2/b12-6+,13-5+,32-11+;. The number of benzene rings is 4. The van der Waals surface area contributed by atoms with Gasteiger partial charge in [0.15, 0.2) is 0 Å². The largest absolute Gasteiger partial charge is 0.380 e. The lowest BCUT2D eigenvalue weighted by Crippen LogP contribution is -2.59. The van der Waals surface area contributed by atoms with E-state index in [1.54, 1.807) is 0 Å². The first-order valence-electron chi connectivity index (χ1n) is 35.3. The molecule has 10 rings (SSSR count). The highest BCUT2D eigenvalue weighted by molar-refractivity contribution is 7.91. The number of hydrogen-bond acceptors (Lipinski definition) is 14. The van der Waals surface area contributed by atoms with Crippen LogP contribution in [0, 0.1) is 5.92 Å². The highest BCUT2D eigenvalue weighted by atomic mass is 32.2. The molecule has 0 amide bonds. The second kappa shape index (κ2) is 35.3. The Morgan fingerprint density at radius 3 is 1.30 bits per heavy atom. The lowest BCUT2D eigenvalue weighted by molar-refractivity contribution is -0.342. The molecule has 1 saturated heterocycles. The van der Waals surface area contributed by atoms with Gasteiger partial charge in [0.1, 0.15) is 26.4 Å². The van der Waals surface area contributed by atoms with Crippen molar-refractivity contribution in [3.63, 3.8) is 0 Å². The number of allylic oxidation sites excluding steroid dienone is 12. The molecule has 4 aliphatic carbocycles. The number of alkyl halides is 32. The minimum absolute atomic E-state index is 0.00189. The second-order valence-electron chi connectivity index (χ2n) is 28.0. The number of nitrogens with zero attached hydrogens (tertiary/aromatic N) is 2. The van der Waals surface area contributed by atoms with Gasteiger partial charge in [-0.25, -0.2) is 35.1 Å². The molecule has 4 aromatic carbocycles. The Balaban J connectivity index is 0.00000143. The molecule has 2 aliphatic heterocycles. The Kier molecular flexibility index (Phi) is 28.3. The fourth-order valence-corrected chi connectivity index (χ4v) is 17.1. The molecular formula is C73H60F32N2O12S4. The molecule has 123 heavy (non-hydrogen) atoms. The number of rotatable bonds is 33. The van der Waals surface area contributed by atoms with Gasteiger partial charge in [0.05, 0.1) is 25.4 Å². The van der Waals surface area contributed by atoms with Crippen LogP contribution >= 0.6 is 0 Å². The maximum absolute atomic E-state index is 14.6. The fourth-order valence-electron chi connectivity index (χ4n) is 13.3. The maximum atomic E-state index is 14.6. The van der Waals surface area contributed by atoms with Crippen LogP contribution in [0.4, 0.5) is 140 Å². The minimum Gasteiger partial charge on any atom is -0.360 e. The van der Waals surface area contributed by atoms with Crippen LogP contribution in [0.15, 0.2) is 175 Å². The summed E-state index contributed by atoms with van der Waals surface area (Å²) < 4.78 is 566. The summed E-state index contributed by atoms with van der Waals surface area (Å²) in [5.74, 6) is -84.2. The van der Waals surface area contributed by atoms with E-state index in [0.29, 0.717) is 48.6 Å². The normalized spacial score (nSPS) is 19.5.